The maximum atomic E-state index is 12.2. The zero-order chi connectivity index (χ0) is 21.8. The van der Waals surface area contributed by atoms with Gasteiger partial charge in [-0.3, -0.25) is 0 Å². The molecule has 4 bridgehead atoms. The van der Waals surface area contributed by atoms with E-state index in [1.165, 1.54) is 6.08 Å². The monoisotopic (exact) mass is 434 g/mol. The van der Waals surface area contributed by atoms with Crippen LogP contribution in [-0.4, -0.2) is 62.4 Å². The van der Waals surface area contributed by atoms with E-state index in [1.54, 1.807) is 0 Å². The molecule has 0 amide bonds. The Labute approximate surface area is 186 Å². The molecule has 2 heterocycles. The molecule has 0 aromatic heterocycles. The number of esters is 1. The van der Waals surface area contributed by atoms with E-state index in [2.05, 4.69) is 20.4 Å². The molecule has 4 aliphatic carbocycles. The van der Waals surface area contributed by atoms with Gasteiger partial charge in [0.2, 0.25) is 0 Å². The number of ether oxygens (including phenoxy) is 5. The van der Waals surface area contributed by atoms with E-state index < -0.39 is 5.60 Å². The van der Waals surface area contributed by atoms with Gasteiger partial charge in [0.05, 0.1) is 37.6 Å². The average molecular weight is 435 g/mol. The van der Waals surface area contributed by atoms with E-state index in [0.717, 1.165) is 91.0 Å². The van der Waals surface area contributed by atoms with E-state index in [9.17, 15) is 4.79 Å². The summed E-state index contributed by atoms with van der Waals surface area (Å²) in [7, 11) is 0. The molecular weight excluding hydrogens is 396 g/mol. The van der Waals surface area contributed by atoms with Crippen LogP contribution in [0.4, 0.5) is 0 Å². The summed E-state index contributed by atoms with van der Waals surface area (Å²) in [5.41, 5.74) is -0.526. The van der Waals surface area contributed by atoms with Crippen molar-refractivity contribution in [3.8, 4) is 0 Å². The topological polar surface area (TPSA) is 63.2 Å². The Morgan fingerprint density at radius 1 is 0.871 bits per heavy atom. The Morgan fingerprint density at radius 3 is 1.74 bits per heavy atom. The molecule has 6 heteroatoms. The second-order valence-electron chi connectivity index (χ2n) is 12.0. The smallest absolute Gasteiger partial charge is 0.330 e. The van der Waals surface area contributed by atoms with Crippen molar-refractivity contribution in [1.82, 2.24) is 0 Å². The van der Waals surface area contributed by atoms with Gasteiger partial charge in [-0.1, -0.05) is 20.4 Å². The molecule has 2 unspecified atom stereocenters. The fourth-order valence-electron chi connectivity index (χ4n) is 7.09. The van der Waals surface area contributed by atoms with Gasteiger partial charge < -0.3 is 23.7 Å². The molecule has 6 fully saturated rings. The molecule has 0 spiro atoms. The highest BCUT2D eigenvalue weighted by atomic mass is 16.6. The first-order chi connectivity index (χ1) is 14.7. The van der Waals surface area contributed by atoms with Gasteiger partial charge in [0.15, 0.2) is 0 Å². The van der Waals surface area contributed by atoms with Gasteiger partial charge in [0, 0.05) is 49.4 Å². The maximum absolute atomic E-state index is 12.2. The van der Waals surface area contributed by atoms with Crippen molar-refractivity contribution in [2.75, 3.05) is 39.6 Å². The van der Waals surface area contributed by atoms with E-state index in [0.29, 0.717) is 5.92 Å². The van der Waals surface area contributed by atoms with Crippen molar-refractivity contribution >= 4 is 5.97 Å². The van der Waals surface area contributed by atoms with Gasteiger partial charge in [-0.15, -0.1) is 0 Å². The summed E-state index contributed by atoms with van der Waals surface area (Å²) in [5, 5.41) is 0. The third-order valence-electron chi connectivity index (χ3n) is 8.43. The van der Waals surface area contributed by atoms with Gasteiger partial charge in [-0.25, -0.2) is 4.79 Å². The summed E-state index contributed by atoms with van der Waals surface area (Å²) in [5.74, 6) is 0.143. The van der Waals surface area contributed by atoms with E-state index in [1.807, 2.05) is 0 Å². The van der Waals surface area contributed by atoms with Crippen LogP contribution in [0.1, 0.15) is 65.2 Å². The Balaban J connectivity index is 1.30. The third-order valence-corrected chi connectivity index (χ3v) is 8.43. The van der Waals surface area contributed by atoms with E-state index in [4.69, 9.17) is 23.7 Å². The highest BCUT2D eigenvalue weighted by Gasteiger charge is 2.66. The summed E-state index contributed by atoms with van der Waals surface area (Å²) in [4.78, 5) is 12.2. The predicted molar refractivity (Wildman–Crippen MR) is 115 cm³/mol. The molecule has 2 atom stereocenters. The highest BCUT2D eigenvalue weighted by Crippen LogP contribution is 2.63. The van der Waals surface area contributed by atoms with Crippen LogP contribution in [0.15, 0.2) is 12.7 Å². The molecule has 0 aromatic carbocycles. The minimum atomic E-state index is -0.488. The number of rotatable bonds is 10. The number of hydrogen-bond donors (Lipinski definition) is 0. The summed E-state index contributed by atoms with van der Waals surface area (Å²) in [6.45, 7) is 12.9. The normalized spacial score (nSPS) is 41.3. The van der Waals surface area contributed by atoms with Gasteiger partial charge in [-0.2, -0.15) is 0 Å². The Bertz CT molecular complexity index is 682. The number of carbonyl (C=O) groups excluding carboxylic acids is 1. The lowest BCUT2D eigenvalue weighted by atomic mass is 9.50. The summed E-state index contributed by atoms with van der Waals surface area (Å²) < 4.78 is 30.2. The van der Waals surface area contributed by atoms with Crippen LogP contribution in [0.2, 0.25) is 0 Å². The average Bonchev–Trinajstić information content (AvgIpc) is 2.63. The molecule has 174 valence electrons. The van der Waals surface area contributed by atoms with Gasteiger partial charge >= 0.3 is 5.97 Å². The van der Waals surface area contributed by atoms with Crippen LogP contribution in [0.3, 0.4) is 0 Å². The highest BCUT2D eigenvalue weighted by molar-refractivity contribution is 5.81. The van der Waals surface area contributed by atoms with Crippen LogP contribution < -0.4 is 0 Å². The molecule has 6 nitrogen and oxygen atoms in total. The van der Waals surface area contributed by atoms with Gasteiger partial charge in [0.25, 0.3) is 0 Å². The zero-order valence-electron chi connectivity index (χ0n) is 19.2. The number of carbonyl (C=O) groups is 1. The SMILES string of the molecule is C=CC(=O)OC12CC3CC(OCCC4(C)COC4)(CC(OCCC4(C)COC4)(C3)C1)C2. The lowest BCUT2D eigenvalue weighted by Gasteiger charge is -2.64. The summed E-state index contributed by atoms with van der Waals surface area (Å²) in [6, 6.07) is 0. The second-order valence-corrected chi connectivity index (χ2v) is 12.0. The minimum Gasteiger partial charge on any atom is -0.456 e. The molecule has 4 saturated carbocycles. The van der Waals surface area contributed by atoms with Crippen LogP contribution in [0, 0.1) is 16.7 Å². The van der Waals surface area contributed by atoms with Gasteiger partial charge in [0.1, 0.15) is 5.60 Å². The maximum Gasteiger partial charge on any atom is 0.330 e. The van der Waals surface area contributed by atoms with Crippen LogP contribution in [0.25, 0.3) is 0 Å². The molecule has 0 radical (unpaired) electrons. The standard InChI is InChI=1S/C25H38O6/c1-4-20(26)31-25-11-19-9-23(13-25,29-7-5-21(2)15-27-16-21)12-24(10-19,14-25)30-8-6-22(3)17-28-18-22/h4,19H,1,5-18H2,2-3H3. The lowest BCUT2D eigenvalue weighted by Crippen LogP contribution is -2.68. The molecule has 31 heavy (non-hydrogen) atoms. The quantitative estimate of drug-likeness (QED) is 0.385. The van der Waals surface area contributed by atoms with Crippen LogP contribution in [-0.2, 0) is 28.5 Å². The molecule has 0 aromatic rings. The Hall–Kier alpha value is -0.950. The first-order valence-electron chi connectivity index (χ1n) is 12.0. The molecular formula is C25H38O6. The fourth-order valence-corrected chi connectivity index (χ4v) is 7.09. The molecule has 0 N–H and O–H groups in total. The van der Waals surface area contributed by atoms with Crippen molar-refractivity contribution in [2.24, 2.45) is 16.7 Å². The van der Waals surface area contributed by atoms with E-state index in [-0.39, 0.29) is 28.0 Å². The predicted octanol–water partition coefficient (Wildman–Crippen LogP) is 3.82. The second kappa shape index (κ2) is 7.54. The van der Waals surface area contributed by atoms with Gasteiger partial charge in [-0.05, 0) is 38.0 Å². The summed E-state index contributed by atoms with van der Waals surface area (Å²) in [6.07, 6.45) is 8.77. The fraction of sp³-hybridized carbons (Fsp3) is 0.880. The third kappa shape index (κ3) is 4.21. The first-order valence-corrected chi connectivity index (χ1v) is 12.0. The van der Waals surface area contributed by atoms with Crippen molar-refractivity contribution in [3.63, 3.8) is 0 Å². The molecule has 6 rings (SSSR count). The van der Waals surface area contributed by atoms with Crippen molar-refractivity contribution < 1.29 is 28.5 Å². The first kappa shape index (κ1) is 21.9. The zero-order valence-corrected chi connectivity index (χ0v) is 19.2. The molecule has 2 saturated heterocycles. The minimum absolute atomic E-state index is 0.240. The summed E-state index contributed by atoms with van der Waals surface area (Å²) >= 11 is 0. The Kier molecular flexibility index (Phi) is 5.32. The molecule has 6 aliphatic rings. The van der Waals surface area contributed by atoms with Crippen LogP contribution >= 0.6 is 0 Å². The van der Waals surface area contributed by atoms with E-state index >= 15 is 0 Å². The number of hydrogen-bond acceptors (Lipinski definition) is 6. The Morgan fingerprint density at radius 2 is 1.32 bits per heavy atom. The van der Waals surface area contributed by atoms with Crippen molar-refractivity contribution in [1.29, 1.82) is 0 Å². The van der Waals surface area contributed by atoms with Crippen LogP contribution in [0.5, 0.6) is 0 Å². The largest absolute Gasteiger partial charge is 0.456 e. The molecule has 2 aliphatic heterocycles. The van der Waals surface area contributed by atoms with Crippen molar-refractivity contribution in [3.05, 3.63) is 12.7 Å². The lowest BCUT2D eigenvalue weighted by molar-refractivity contribution is -0.287. The van der Waals surface area contributed by atoms with Crippen molar-refractivity contribution in [2.45, 2.75) is 82.0 Å².